The highest BCUT2D eigenvalue weighted by molar-refractivity contribution is 7.98. The second-order valence-corrected chi connectivity index (χ2v) is 10.3. The van der Waals surface area contributed by atoms with Gasteiger partial charge in [0.05, 0.1) is 27.9 Å². The van der Waals surface area contributed by atoms with Crippen LogP contribution in [0.3, 0.4) is 0 Å². The molecule has 2 aromatic carbocycles. The maximum Gasteiger partial charge on any atom is 0.416 e. The van der Waals surface area contributed by atoms with Crippen LogP contribution < -0.4 is 0 Å². The summed E-state index contributed by atoms with van der Waals surface area (Å²) in [6.07, 6.45) is -4.47. The molecule has 0 aliphatic heterocycles. The molecule has 0 atom stereocenters. The molecule has 0 aliphatic rings. The average Bonchev–Trinajstić information content (AvgIpc) is 3.31. The van der Waals surface area contributed by atoms with Crippen LogP contribution >= 0.6 is 34.4 Å². The van der Waals surface area contributed by atoms with Crippen LogP contribution in [0.25, 0.3) is 20.8 Å². The molecule has 4 nitrogen and oxygen atoms in total. The number of halogens is 3. The van der Waals surface area contributed by atoms with Crippen molar-refractivity contribution in [1.82, 2.24) is 9.97 Å². The summed E-state index contributed by atoms with van der Waals surface area (Å²) in [5, 5.41) is 10.3. The Hall–Kier alpha value is -2.43. The molecule has 2 heterocycles. The topological polar surface area (TPSA) is 63.1 Å². The first-order valence-electron chi connectivity index (χ1n) is 9.49. The van der Waals surface area contributed by atoms with E-state index < -0.39 is 17.7 Å². The zero-order valence-electron chi connectivity index (χ0n) is 17.0. The molecular weight excluding hydrogens is 477 g/mol. The van der Waals surface area contributed by atoms with Gasteiger partial charge in [-0.2, -0.15) is 13.2 Å². The molecule has 4 rings (SSSR count). The zero-order valence-corrected chi connectivity index (χ0v) is 19.4. The molecule has 0 amide bonds. The van der Waals surface area contributed by atoms with Gasteiger partial charge in [0.15, 0.2) is 0 Å². The Bertz CT molecular complexity index is 1290. The second-order valence-electron chi connectivity index (χ2n) is 7.13. The molecule has 0 saturated carbocycles. The van der Waals surface area contributed by atoms with Crippen LogP contribution in [0.5, 0.6) is 0 Å². The van der Waals surface area contributed by atoms with Crippen LogP contribution in [0.1, 0.15) is 26.7 Å². The van der Waals surface area contributed by atoms with E-state index in [1.807, 2.05) is 26.0 Å². The average molecular weight is 495 g/mol. The minimum absolute atomic E-state index is 0.104. The number of benzene rings is 2. The lowest BCUT2D eigenvalue weighted by Crippen LogP contribution is -2.03. The van der Waals surface area contributed by atoms with Crippen molar-refractivity contribution in [3.05, 3.63) is 63.1 Å². The van der Waals surface area contributed by atoms with Crippen molar-refractivity contribution in [2.45, 2.75) is 37.1 Å². The highest BCUT2D eigenvalue weighted by Gasteiger charge is 2.30. The number of thioether (sulfide) groups is 1. The Balaban J connectivity index is 1.55. The molecule has 1 N–H and O–H groups in total. The van der Waals surface area contributed by atoms with E-state index >= 15 is 0 Å². The highest BCUT2D eigenvalue weighted by Crippen LogP contribution is 2.38. The Kier molecular flexibility index (Phi) is 6.28. The van der Waals surface area contributed by atoms with Crippen molar-refractivity contribution in [2.75, 3.05) is 0 Å². The van der Waals surface area contributed by atoms with E-state index in [0.29, 0.717) is 21.3 Å². The van der Waals surface area contributed by atoms with Gasteiger partial charge in [0.25, 0.3) is 0 Å². The molecule has 0 bridgehead atoms. The van der Waals surface area contributed by atoms with E-state index in [1.165, 1.54) is 34.8 Å². The van der Waals surface area contributed by atoms with Crippen molar-refractivity contribution in [3.63, 3.8) is 0 Å². The van der Waals surface area contributed by atoms with Gasteiger partial charge in [-0.05, 0) is 37.6 Å². The van der Waals surface area contributed by atoms with Gasteiger partial charge < -0.3 is 5.11 Å². The van der Waals surface area contributed by atoms with Gasteiger partial charge in [-0.25, -0.2) is 9.97 Å². The SMILES string of the molecule is Cc1nc(-c2ccc(C(F)(F)F)cc2)sc1CSc1ccc(C)c2sc(CC(=O)O)nc12. The van der Waals surface area contributed by atoms with E-state index in [-0.39, 0.29) is 6.42 Å². The molecule has 0 saturated heterocycles. The number of carboxylic acids is 1. The Labute approximate surface area is 194 Å². The highest BCUT2D eigenvalue weighted by atomic mass is 32.2. The fourth-order valence-corrected chi connectivity index (χ4v) is 6.44. The number of alkyl halides is 3. The Morgan fingerprint density at radius 3 is 2.44 bits per heavy atom. The van der Waals surface area contributed by atoms with Gasteiger partial charge in [-0.3, -0.25) is 4.79 Å². The molecular formula is C22H17F3N2O2S3. The largest absolute Gasteiger partial charge is 0.481 e. The molecule has 0 unspecified atom stereocenters. The van der Waals surface area contributed by atoms with Gasteiger partial charge in [-0.1, -0.05) is 18.2 Å². The minimum atomic E-state index is -4.36. The molecule has 0 fully saturated rings. The molecule has 0 aliphatic carbocycles. The summed E-state index contributed by atoms with van der Waals surface area (Å²) in [5.74, 6) is -0.277. The van der Waals surface area contributed by atoms with E-state index in [2.05, 4.69) is 9.97 Å². The molecule has 0 spiro atoms. The number of nitrogens with zero attached hydrogens (tertiary/aromatic N) is 2. The monoisotopic (exact) mass is 494 g/mol. The minimum Gasteiger partial charge on any atom is -0.481 e. The quantitative estimate of drug-likeness (QED) is 0.293. The first-order valence-corrected chi connectivity index (χ1v) is 12.1. The number of aliphatic carboxylic acids is 1. The van der Waals surface area contributed by atoms with Gasteiger partial charge in [0, 0.05) is 21.1 Å². The molecule has 166 valence electrons. The van der Waals surface area contributed by atoms with Crippen LogP contribution in [0.15, 0.2) is 41.3 Å². The standard InChI is InChI=1S/C22H17F3N2O2S3/c1-11-3-8-15(19-20(11)32-17(27-19)9-18(28)29)30-10-16-12(2)26-21(31-16)13-4-6-14(7-5-13)22(23,24)25/h3-8H,9-10H2,1-2H3,(H,28,29). The number of aromatic nitrogens is 2. The lowest BCUT2D eigenvalue weighted by atomic mass is 10.1. The lowest BCUT2D eigenvalue weighted by molar-refractivity contribution is -0.138. The van der Waals surface area contributed by atoms with Crippen LogP contribution in [0.2, 0.25) is 0 Å². The Morgan fingerprint density at radius 2 is 1.78 bits per heavy atom. The van der Waals surface area contributed by atoms with Crippen LogP contribution in [0.4, 0.5) is 13.2 Å². The van der Waals surface area contributed by atoms with E-state index in [9.17, 15) is 18.0 Å². The third kappa shape index (κ3) is 4.82. The second kappa shape index (κ2) is 8.84. The van der Waals surface area contributed by atoms with Crippen molar-refractivity contribution in [1.29, 1.82) is 0 Å². The summed E-state index contributed by atoms with van der Waals surface area (Å²) in [4.78, 5) is 22.1. The molecule has 32 heavy (non-hydrogen) atoms. The van der Waals surface area contributed by atoms with Crippen molar-refractivity contribution >= 4 is 50.6 Å². The number of hydrogen-bond acceptors (Lipinski definition) is 6. The van der Waals surface area contributed by atoms with E-state index in [4.69, 9.17) is 5.11 Å². The fraction of sp³-hybridized carbons (Fsp3) is 0.227. The number of rotatable bonds is 6. The van der Waals surface area contributed by atoms with Crippen molar-refractivity contribution < 1.29 is 23.1 Å². The van der Waals surface area contributed by atoms with Crippen LogP contribution in [-0.4, -0.2) is 21.0 Å². The summed E-state index contributed by atoms with van der Waals surface area (Å²) in [6, 6.07) is 9.02. The fourth-order valence-electron chi connectivity index (χ4n) is 3.11. The first kappa shape index (κ1) is 22.8. The summed E-state index contributed by atoms with van der Waals surface area (Å²) in [5.41, 5.74) is 2.67. The Morgan fingerprint density at radius 1 is 1.06 bits per heavy atom. The summed E-state index contributed by atoms with van der Waals surface area (Å²) < 4.78 is 39.4. The number of fused-ring (bicyclic) bond motifs is 1. The maximum absolute atomic E-state index is 12.8. The van der Waals surface area contributed by atoms with E-state index in [1.54, 1.807) is 11.8 Å². The molecule has 10 heteroatoms. The third-order valence-electron chi connectivity index (χ3n) is 4.76. The zero-order chi connectivity index (χ0) is 23.0. The first-order chi connectivity index (χ1) is 15.1. The molecule has 2 aromatic heterocycles. The summed E-state index contributed by atoms with van der Waals surface area (Å²) >= 11 is 4.45. The molecule has 4 aromatic rings. The summed E-state index contributed by atoms with van der Waals surface area (Å²) in [6.45, 7) is 3.86. The summed E-state index contributed by atoms with van der Waals surface area (Å²) in [7, 11) is 0. The van der Waals surface area contributed by atoms with Gasteiger partial charge in [0.2, 0.25) is 0 Å². The predicted octanol–water partition coefficient (Wildman–Crippen LogP) is 6.97. The number of thiazole rings is 2. The maximum atomic E-state index is 12.8. The third-order valence-corrected chi connectivity index (χ3v) is 8.41. The smallest absolute Gasteiger partial charge is 0.416 e. The van der Waals surface area contributed by atoms with Crippen LogP contribution in [0, 0.1) is 13.8 Å². The van der Waals surface area contributed by atoms with Gasteiger partial charge >= 0.3 is 12.1 Å². The van der Waals surface area contributed by atoms with Crippen LogP contribution in [-0.2, 0) is 23.1 Å². The number of carboxylic acid groups (broad SMARTS) is 1. The van der Waals surface area contributed by atoms with Gasteiger partial charge in [0.1, 0.15) is 10.0 Å². The van der Waals surface area contributed by atoms with Crippen molar-refractivity contribution in [3.8, 4) is 10.6 Å². The number of carbonyl (C=O) groups is 1. The van der Waals surface area contributed by atoms with Gasteiger partial charge in [-0.15, -0.1) is 34.4 Å². The van der Waals surface area contributed by atoms with Crippen molar-refractivity contribution in [2.24, 2.45) is 0 Å². The van der Waals surface area contributed by atoms with E-state index in [0.717, 1.165) is 43.4 Å². The number of aryl methyl sites for hydroxylation is 2. The number of hydrogen-bond donors (Lipinski definition) is 1. The predicted molar refractivity (Wildman–Crippen MR) is 123 cm³/mol. The normalized spacial score (nSPS) is 11.9. The lowest BCUT2D eigenvalue weighted by Gasteiger charge is -2.06. The molecule has 0 radical (unpaired) electrons.